The van der Waals surface area contributed by atoms with Gasteiger partial charge in [0, 0.05) is 41.7 Å². The Morgan fingerprint density at radius 1 is 1.00 bits per heavy atom. The molecule has 0 aliphatic carbocycles. The van der Waals surface area contributed by atoms with Crippen LogP contribution in [0.4, 0.5) is 5.69 Å². The number of likely N-dealkylation sites (N-methyl/N-ethyl adjacent to an activating group) is 1. The predicted octanol–water partition coefficient (Wildman–Crippen LogP) is 4.19. The monoisotopic (exact) mass is 613 g/mol. The van der Waals surface area contributed by atoms with Gasteiger partial charge < -0.3 is 10.6 Å². The largest absolute Gasteiger partial charge is 0.357 e. The average molecular weight is 615 g/mol. The lowest BCUT2D eigenvalue weighted by molar-refractivity contribution is -0.122. The number of sulfonamides is 1. The van der Waals surface area contributed by atoms with Gasteiger partial charge in [-0.2, -0.15) is 5.26 Å². The quantitative estimate of drug-likeness (QED) is 0.314. The number of nitriles is 1. The summed E-state index contributed by atoms with van der Waals surface area (Å²) in [7, 11) is -2.36. The van der Waals surface area contributed by atoms with Gasteiger partial charge in [-0.3, -0.25) is 19.2 Å². The van der Waals surface area contributed by atoms with E-state index in [2.05, 4.69) is 20.3 Å². The molecule has 0 bridgehead atoms. The third-order valence-electron chi connectivity index (χ3n) is 6.76. The number of likely N-dealkylation sites (tertiary alicyclic amines) is 1. The second-order valence-electron chi connectivity index (χ2n) is 9.93. The highest BCUT2D eigenvalue weighted by molar-refractivity contribution is 7.92. The zero-order valence-electron chi connectivity index (χ0n) is 22.4. The Hall–Kier alpha value is -3.62. The van der Waals surface area contributed by atoms with Crippen LogP contribution in [0.2, 0.25) is 10.0 Å². The van der Waals surface area contributed by atoms with Crippen LogP contribution in [-0.2, 0) is 14.8 Å². The maximum absolute atomic E-state index is 13.1. The third-order valence-corrected chi connectivity index (χ3v) is 8.72. The number of benzene rings is 3. The molecule has 1 atom stereocenters. The fourth-order valence-corrected chi connectivity index (χ4v) is 6.45. The van der Waals surface area contributed by atoms with Crippen molar-refractivity contribution in [2.75, 3.05) is 30.6 Å². The molecule has 0 saturated carbocycles. The van der Waals surface area contributed by atoms with Crippen molar-refractivity contribution in [2.24, 2.45) is 5.92 Å². The van der Waals surface area contributed by atoms with Crippen LogP contribution in [0.5, 0.6) is 0 Å². The molecule has 1 heterocycles. The molecule has 1 aliphatic heterocycles. The molecule has 1 aliphatic rings. The molecule has 2 amide bonds. The number of anilines is 1. The molecule has 3 aromatic rings. The number of carbonyl (C=O) groups excluding carboxylic acids is 2. The highest BCUT2D eigenvalue weighted by Crippen LogP contribution is 2.36. The fourth-order valence-electron chi connectivity index (χ4n) is 4.81. The highest BCUT2D eigenvalue weighted by Gasteiger charge is 2.36. The van der Waals surface area contributed by atoms with Crippen LogP contribution >= 0.6 is 23.2 Å². The molecule has 4 rings (SSSR count). The summed E-state index contributed by atoms with van der Waals surface area (Å²) in [5.41, 5.74) is 2.31. The van der Waals surface area contributed by atoms with Gasteiger partial charge in [0.1, 0.15) is 6.04 Å². The van der Waals surface area contributed by atoms with Crippen molar-refractivity contribution in [1.29, 1.82) is 5.26 Å². The number of hydrogen-bond acceptors (Lipinski definition) is 6. The Labute approximate surface area is 249 Å². The molecule has 3 aromatic carbocycles. The Bertz CT molecular complexity index is 1520. The lowest BCUT2D eigenvalue weighted by Crippen LogP contribution is -2.51. The molecule has 9 nitrogen and oxygen atoms in total. The summed E-state index contributed by atoms with van der Waals surface area (Å²) in [5, 5.41) is 15.6. The van der Waals surface area contributed by atoms with Crippen molar-refractivity contribution in [3.63, 3.8) is 0 Å². The van der Waals surface area contributed by atoms with Crippen molar-refractivity contribution >= 4 is 50.7 Å². The number of nitrogens with one attached hydrogen (secondary N) is 3. The van der Waals surface area contributed by atoms with Crippen LogP contribution in [0.3, 0.4) is 0 Å². The molecular weight excluding hydrogens is 585 g/mol. The molecule has 3 N–H and O–H groups in total. The van der Waals surface area contributed by atoms with Gasteiger partial charge in [0.15, 0.2) is 0 Å². The second-order valence-corrected chi connectivity index (χ2v) is 12.6. The summed E-state index contributed by atoms with van der Waals surface area (Å²) in [4.78, 5) is 26.6. The van der Waals surface area contributed by atoms with Gasteiger partial charge in [0.25, 0.3) is 5.91 Å². The van der Waals surface area contributed by atoms with Gasteiger partial charge in [-0.15, -0.1) is 0 Å². The number of nitrogens with zero attached hydrogens (tertiary/aromatic N) is 2. The number of carbonyl (C=O) groups is 2. The SMILES string of the molecule is CNC(=O)[C@H](C)NC(=O)c1cc(C#N)cc(NS(=O)(=O)CC2CN(C(c3ccc(Cl)cc3)c3ccc(Cl)cc3)C2)c1. The van der Waals surface area contributed by atoms with E-state index in [-0.39, 0.29) is 40.4 Å². The fraction of sp³-hybridized carbons (Fsp3) is 0.276. The normalized spacial score (nSPS) is 14.5. The molecule has 1 saturated heterocycles. The van der Waals surface area contributed by atoms with Crippen LogP contribution in [0.25, 0.3) is 0 Å². The van der Waals surface area contributed by atoms with E-state index in [0.717, 1.165) is 11.1 Å². The van der Waals surface area contributed by atoms with Crippen LogP contribution in [0.1, 0.15) is 40.0 Å². The van der Waals surface area contributed by atoms with Crippen molar-refractivity contribution in [2.45, 2.75) is 19.0 Å². The summed E-state index contributed by atoms with van der Waals surface area (Å²) in [5.74, 6) is -1.27. The Morgan fingerprint density at radius 3 is 2.07 bits per heavy atom. The van der Waals surface area contributed by atoms with E-state index >= 15 is 0 Å². The van der Waals surface area contributed by atoms with Crippen molar-refractivity contribution in [3.8, 4) is 6.07 Å². The first-order chi connectivity index (χ1) is 19.5. The first kappa shape index (κ1) is 30.3. The van der Waals surface area contributed by atoms with Gasteiger partial charge in [0.2, 0.25) is 15.9 Å². The molecule has 0 spiro atoms. The Balaban J connectivity index is 1.45. The van der Waals surface area contributed by atoms with Gasteiger partial charge in [0.05, 0.1) is 29.1 Å². The number of hydrogen-bond donors (Lipinski definition) is 3. The van der Waals surface area contributed by atoms with Crippen LogP contribution < -0.4 is 15.4 Å². The third kappa shape index (κ3) is 7.77. The topological polar surface area (TPSA) is 131 Å². The molecule has 0 aromatic heterocycles. The summed E-state index contributed by atoms with van der Waals surface area (Å²) in [6.45, 7) is 2.60. The minimum Gasteiger partial charge on any atom is -0.357 e. The maximum atomic E-state index is 13.1. The lowest BCUT2D eigenvalue weighted by atomic mass is 9.91. The van der Waals surface area contributed by atoms with Crippen LogP contribution in [-0.4, -0.2) is 57.1 Å². The summed E-state index contributed by atoms with van der Waals surface area (Å²) < 4.78 is 28.7. The Kier molecular flexibility index (Phi) is 9.56. The standard InChI is InChI=1S/C29H29Cl2N5O4S/c1-18(28(37)33-2)34-29(38)23-11-19(14-32)12-26(13-23)35-41(39,40)17-20-15-36(16-20)27(21-3-7-24(30)8-4-21)22-5-9-25(31)10-6-22/h3-13,18,20,27,35H,15-17H2,1-2H3,(H,33,37)(H,34,38)/t18-/m0/s1. The van der Waals surface area contributed by atoms with Gasteiger partial charge >= 0.3 is 0 Å². The van der Waals surface area contributed by atoms with E-state index in [1.165, 1.54) is 32.2 Å². The zero-order chi connectivity index (χ0) is 29.7. The van der Waals surface area contributed by atoms with Gasteiger partial charge in [-0.25, -0.2) is 8.42 Å². The molecule has 1 fully saturated rings. The van der Waals surface area contributed by atoms with E-state index < -0.39 is 22.0 Å². The van der Waals surface area contributed by atoms with E-state index in [1.54, 1.807) is 0 Å². The first-order valence-electron chi connectivity index (χ1n) is 12.8. The zero-order valence-corrected chi connectivity index (χ0v) is 24.7. The highest BCUT2D eigenvalue weighted by atomic mass is 35.5. The summed E-state index contributed by atoms with van der Waals surface area (Å²) in [6, 6.07) is 20.2. The van der Waals surface area contributed by atoms with Crippen LogP contribution in [0, 0.1) is 17.2 Å². The van der Waals surface area contributed by atoms with Crippen molar-refractivity contribution in [1.82, 2.24) is 15.5 Å². The first-order valence-corrected chi connectivity index (χ1v) is 15.2. The second kappa shape index (κ2) is 12.9. The number of halogens is 2. The molecule has 41 heavy (non-hydrogen) atoms. The minimum absolute atomic E-state index is 0.0566. The van der Waals surface area contributed by atoms with Crippen molar-refractivity contribution in [3.05, 3.63) is 99.0 Å². The number of amides is 2. The van der Waals surface area contributed by atoms with E-state index in [4.69, 9.17) is 23.2 Å². The number of rotatable bonds is 10. The lowest BCUT2D eigenvalue weighted by Gasteiger charge is -2.44. The van der Waals surface area contributed by atoms with Gasteiger partial charge in [-0.1, -0.05) is 47.5 Å². The molecule has 0 unspecified atom stereocenters. The summed E-state index contributed by atoms with van der Waals surface area (Å²) in [6.07, 6.45) is 0. The van der Waals surface area contributed by atoms with Crippen LogP contribution in [0.15, 0.2) is 66.7 Å². The molecule has 214 valence electrons. The van der Waals surface area contributed by atoms with Crippen molar-refractivity contribution < 1.29 is 18.0 Å². The Morgan fingerprint density at radius 2 is 1.56 bits per heavy atom. The smallest absolute Gasteiger partial charge is 0.252 e. The van der Waals surface area contributed by atoms with E-state index in [1.807, 2.05) is 54.6 Å². The summed E-state index contributed by atoms with van der Waals surface area (Å²) >= 11 is 12.2. The van der Waals surface area contributed by atoms with Gasteiger partial charge in [-0.05, 0) is 60.5 Å². The molecule has 12 heteroatoms. The molecule has 0 radical (unpaired) electrons. The van der Waals surface area contributed by atoms with E-state index in [9.17, 15) is 23.3 Å². The predicted molar refractivity (Wildman–Crippen MR) is 159 cm³/mol. The van der Waals surface area contributed by atoms with E-state index in [0.29, 0.717) is 23.1 Å². The molecular formula is C29H29Cl2N5O4S. The maximum Gasteiger partial charge on any atom is 0.252 e. The average Bonchev–Trinajstić information content (AvgIpc) is 2.92. The minimum atomic E-state index is -3.81.